The van der Waals surface area contributed by atoms with E-state index in [0.717, 1.165) is 11.0 Å². The highest BCUT2D eigenvalue weighted by Crippen LogP contribution is 2.36. The Morgan fingerprint density at radius 1 is 1.08 bits per heavy atom. The Morgan fingerprint density at radius 3 is 2.15 bits per heavy atom. The molecule has 2 aliphatic heterocycles. The number of benzene rings is 1. The van der Waals surface area contributed by atoms with Gasteiger partial charge in [-0.05, 0) is 51.7 Å². The van der Waals surface area contributed by atoms with Crippen LogP contribution in [0.3, 0.4) is 0 Å². The molecule has 4 nitrogen and oxygen atoms in total. The number of rotatable bonds is 2. The molecule has 0 N–H and O–H groups in total. The van der Waals surface area contributed by atoms with Gasteiger partial charge in [0.25, 0.3) is 11.8 Å². The molecule has 2 aliphatic rings. The highest BCUT2D eigenvalue weighted by atomic mass is 19.3. The Bertz CT molecular complexity index is 695. The molecule has 1 amide bonds. The second-order valence-corrected chi connectivity index (χ2v) is 8.31. The maximum Gasteiger partial charge on any atom is 0.494 e. The summed E-state index contributed by atoms with van der Waals surface area (Å²) in [7, 11) is -0.558. The topological polar surface area (TPSA) is 38.8 Å². The summed E-state index contributed by atoms with van der Waals surface area (Å²) in [6.45, 7) is 9.89. The molecule has 0 aliphatic carbocycles. The first-order chi connectivity index (χ1) is 11.9. The molecule has 0 radical (unpaired) electrons. The molecule has 0 atom stereocenters. The van der Waals surface area contributed by atoms with E-state index < -0.39 is 24.2 Å². The van der Waals surface area contributed by atoms with E-state index >= 15 is 0 Å². The molecule has 1 aromatic rings. The number of hydrogen-bond acceptors (Lipinski definition) is 3. The van der Waals surface area contributed by atoms with Crippen LogP contribution in [0, 0.1) is 6.92 Å². The third-order valence-corrected chi connectivity index (χ3v) is 5.80. The summed E-state index contributed by atoms with van der Waals surface area (Å²) in [6, 6.07) is 5.51. The molecular formula is C19H26BF2NO3. The summed E-state index contributed by atoms with van der Waals surface area (Å²) in [5, 5.41) is 0. The molecule has 0 unspecified atom stereocenters. The van der Waals surface area contributed by atoms with Crippen molar-refractivity contribution in [3.05, 3.63) is 29.3 Å². The van der Waals surface area contributed by atoms with Crippen molar-refractivity contribution in [3.63, 3.8) is 0 Å². The zero-order valence-electron chi connectivity index (χ0n) is 16.1. The lowest BCUT2D eigenvalue weighted by Crippen LogP contribution is -2.43. The van der Waals surface area contributed by atoms with Crippen LogP contribution in [0.4, 0.5) is 8.78 Å². The summed E-state index contributed by atoms with van der Waals surface area (Å²) in [4.78, 5) is 14.4. The van der Waals surface area contributed by atoms with Crippen LogP contribution in [0.1, 0.15) is 56.5 Å². The largest absolute Gasteiger partial charge is 0.494 e. The smallest absolute Gasteiger partial charge is 0.399 e. The quantitative estimate of drug-likeness (QED) is 0.756. The lowest BCUT2D eigenvalue weighted by atomic mass is 9.77. The molecule has 0 aromatic heterocycles. The summed E-state index contributed by atoms with van der Waals surface area (Å²) in [5.41, 5.74) is 1.16. The van der Waals surface area contributed by atoms with Gasteiger partial charge in [-0.3, -0.25) is 4.79 Å². The van der Waals surface area contributed by atoms with Gasteiger partial charge in [0.15, 0.2) is 0 Å². The van der Waals surface area contributed by atoms with Crippen molar-refractivity contribution in [3.8, 4) is 0 Å². The van der Waals surface area contributed by atoms with Crippen molar-refractivity contribution < 1.29 is 22.9 Å². The molecule has 0 bridgehead atoms. The van der Waals surface area contributed by atoms with Gasteiger partial charge in [-0.1, -0.05) is 12.1 Å². The lowest BCUT2D eigenvalue weighted by Gasteiger charge is -2.32. The monoisotopic (exact) mass is 365 g/mol. The highest BCUT2D eigenvalue weighted by Gasteiger charge is 2.51. The molecule has 3 rings (SSSR count). The molecule has 0 spiro atoms. The van der Waals surface area contributed by atoms with Gasteiger partial charge in [0.2, 0.25) is 0 Å². The van der Waals surface area contributed by atoms with Gasteiger partial charge in [-0.25, -0.2) is 8.78 Å². The van der Waals surface area contributed by atoms with Crippen LogP contribution < -0.4 is 5.46 Å². The van der Waals surface area contributed by atoms with Gasteiger partial charge in [0.05, 0.1) is 11.2 Å². The van der Waals surface area contributed by atoms with Gasteiger partial charge < -0.3 is 14.2 Å². The number of nitrogens with zero attached hydrogens (tertiary/aromatic N) is 1. The SMILES string of the molecule is Cc1ccc(B2OC(C)(C)C(C)(C)O2)cc1C(=O)N1CCC(F)(F)CC1. The number of amides is 1. The maximum atomic E-state index is 13.4. The normalized spacial score (nSPS) is 24.0. The number of halogens is 2. The molecule has 0 saturated carbocycles. The van der Waals surface area contributed by atoms with E-state index in [4.69, 9.17) is 9.31 Å². The minimum Gasteiger partial charge on any atom is -0.399 e. The molecular weight excluding hydrogens is 339 g/mol. The second kappa shape index (κ2) is 6.31. The van der Waals surface area contributed by atoms with E-state index in [1.54, 1.807) is 6.07 Å². The predicted octanol–water partition coefficient (Wildman–Crippen LogP) is 3.17. The molecule has 142 valence electrons. The average molecular weight is 365 g/mol. The summed E-state index contributed by atoms with van der Waals surface area (Å²) in [5.74, 6) is -2.88. The van der Waals surface area contributed by atoms with Crippen LogP contribution in [0.25, 0.3) is 0 Å². The molecule has 7 heteroatoms. The Hall–Kier alpha value is -1.47. The van der Waals surface area contributed by atoms with Crippen LogP contribution in [0.2, 0.25) is 0 Å². The second-order valence-electron chi connectivity index (χ2n) is 8.31. The predicted molar refractivity (Wildman–Crippen MR) is 97.0 cm³/mol. The molecule has 1 aromatic carbocycles. The first kappa shape index (κ1) is 19.3. The highest BCUT2D eigenvalue weighted by molar-refractivity contribution is 6.62. The number of carbonyl (C=O) groups is 1. The Morgan fingerprint density at radius 2 is 1.62 bits per heavy atom. The van der Waals surface area contributed by atoms with Gasteiger partial charge in [-0.2, -0.15) is 0 Å². The van der Waals surface area contributed by atoms with Crippen LogP contribution >= 0.6 is 0 Å². The number of alkyl halides is 2. The number of piperidine rings is 1. The third-order valence-electron chi connectivity index (χ3n) is 5.80. The van der Waals surface area contributed by atoms with E-state index in [1.165, 1.54) is 4.90 Å². The molecule has 2 fully saturated rings. The standard InChI is InChI=1S/C19H26BF2NO3/c1-13-6-7-14(20-25-17(2,3)18(4,5)26-20)12-15(13)16(24)23-10-8-19(21,22)9-11-23/h6-7,12H,8-11H2,1-5H3. The van der Waals surface area contributed by atoms with Gasteiger partial charge in [0, 0.05) is 31.5 Å². The van der Waals surface area contributed by atoms with Crippen molar-refractivity contribution >= 4 is 18.5 Å². The van der Waals surface area contributed by atoms with Gasteiger partial charge in [-0.15, -0.1) is 0 Å². The molecule has 26 heavy (non-hydrogen) atoms. The van der Waals surface area contributed by atoms with E-state index in [1.807, 2.05) is 46.8 Å². The van der Waals surface area contributed by atoms with E-state index in [-0.39, 0.29) is 31.8 Å². The summed E-state index contributed by atoms with van der Waals surface area (Å²) >= 11 is 0. The number of hydrogen-bond donors (Lipinski definition) is 0. The van der Waals surface area contributed by atoms with Gasteiger partial charge >= 0.3 is 7.12 Å². The van der Waals surface area contributed by atoms with Crippen LogP contribution in [-0.4, -0.2) is 48.1 Å². The van der Waals surface area contributed by atoms with Crippen molar-refractivity contribution in [2.45, 2.75) is 64.6 Å². The van der Waals surface area contributed by atoms with Crippen molar-refractivity contribution in [2.75, 3.05) is 13.1 Å². The van der Waals surface area contributed by atoms with Crippen LogP contribution in [-0.2, 0) is 9.31 Å². The minimum absolute atomic E-state index is 0.0754. The minimum atomic E-state index is -2.67. The van der Waals surface area contributed by atoms with Crippen LogP contribution in [0.15, 0.2) is 18.2 Å². The zero-order chi connectivity index (χ0) is 19.3. The lowest BCUT2D eigenvalue weighted by molar-refractivity contribution is -0.0494. The van der Waals surface area contributed by atoms with Crippen LogP contribution in [0.5, 0.6) is 0 Å². The first-order valence-electron chi connectivity index (χ1n) is 9.05. The van der Waals surface area contributed by atoms with E-state index in [9.17, 15) is 13.6 Å². The zero-order valence-corrected chi connectivity index (χ0v) is 16.1. The Kier molecular flexibility index (Phi) is 4.68. The maximum absolute atomic E-state index is 13.4. The molecule has 2 heterocycles. The summed E-state index contributed by atoms with van der Waals surface area (Å²) < 4.78 is 38.8. The fourth-order valence-corrected chi connectivity index (χ4v) is 3.20. The average Bonchev–Trinajstić information content (AvgIpc) is 2.75. The number of carbonyl (C=O) groups excluding carboxylic acids is 1. The Balaban J connectivity index is 1.82. The van der Waals surface area contributed by atoms with Gasteiger partial charge in [0.1, 0.15) is 0 Å². The third kappa shape index (κ3) is 3.51. The fourth-order valence-electron chi connectivity index (χ4n) is 3.20. The van der Waals surface area contributed by atoms with E-state index in [0.29, 0.717) is 5.56 Å². The van der Waals surface area contributed by atoms with E-state index in [2.05, 4.69) is 0 Å². The first-order valence-corrected chi connectivity index (χ1v) is 9.05. The van der Waals surface area contributed by atoms with Crippen molar-refractivity contribution in [2.24, 2.45) is 0 Å². The van der Waals surface area contributed by atoms with Crippen molar-refractivity contribution in [1.29, 1.82) is 0 Å². The van der Waals surface area contributed by atoms with Crippen molar-refractivity contribution in [1.82, 2.24) is 4.90 Å². The number of aryl methyl sites for hydroxylation is 1. The number of likely N-dealkylation sites (tertiary alicyclic amines) is 1. The molecule has 2 saturated heterocycles. The Labute approximate surface area is 154 Å². The fraction of sp³-hybridized carbons (Fsp3) is 0.632. The summed E-state index contributed by atoms with van der Waals surface area (Å²) in [6.07, 6.45) is -0.566.